The average molecular weight is 269 g/mol. The van der Waals surface area contributed by atoms with Crippen molar-refractivity contribution in [2.45, 2.75) is 30.6 Å². The molecular formula is C9H20IN. The summed E-state index contributed by atoms with van der Waals surface area (Å²) >= 11 is 2.51. The van der Waals surface area contributed by atoms with E-state index in [0.29, 0.717) is 0 Å². The first-order valence-electron chi connectivity index (χ1n) is 4.35. The molecule has 0 saturated heterocycles. The number of hydrogen-bond acceptors (Lipinski definition) is 1. The highest BCUT2D eigenvalue weighted by Crippen LogP contribution is 2.16. The molecule has 0 radical (unpaired) electrons. The summed E-state index contributed by atoms with van der Waals surface area (Å²) in [4.78, 5) is 2.28. The van der Waals surface area contributed by atoms with Gasteiger partial charge in [-0.25, -0.2) is 0 Å². The van der Waals surface area contributed by atoms with Crippen LogP contribution in [0, 0.1) is 5.92 Å². The van der Waals surface area contributed by atoms with E-state index in [-0.39, 0.29) is 0 Å². The summed E-state index contributed by atoms with van der Waals surface area (Å²) in [6.07, 6.45) is 2.67. The molecule has 68 valence electrons. The van der Waals surface area contributed by atoms with Crippen LogP contribution in [0.1, 0.15) is 26.7 Å². The summed E-state index contributed by atoms with van der Waals surface area (Å²) in [7, 11) is 4.31. The summed E-state index contributed by atoms with van der Waals surface area (Å²) in [5, 5.41) is 0. The molecule has 0 aromatic rings. The van der Waals surface area contributed by atoms with Gasteiger partial charge >= 0.3 is 0 Å². The summed E-state index contributed by atoms with van der Waals surface area (Å²) in [6.45, 7) is 5.82. The van der Waals surface area contributed by atoms with Crippen LogP contribution in [-0.4, -0.2) is 29.5 Å². The molecule has 0 fully saturated rings. The van der Waals surface area contributed by atoms with E-state index in [1.165, 1.54) is 19.4 Å². The molecule has 0 aromatic heterocycles. The summed E-state index contributed by atoms with van der Waals surface area (Å²) < 4.78 is 0.817. The normalized spacial score (nSPS) is 16.9. The van der Waals surface area contributed by atoms with Crippen LogP contribution in [0.5, 0.6) is 0 Å². The predicted octanol–water partition coefficient (Wildman–Crippen LogP) is 2.79. The zero-order valence-corrected chi connectivity index (χ0v) is 10.3. The van der Waals surface area contributed by atoms with Crippen LogP contribution >= 0.6 is 22.6 Å². The van der Waals surface area contributed by atoms with Crippen LogP contribution in [0.4, 0.5) is 0 Å². The molecular weight excluding hydrogens is 249 g/mol. The highest BCUT2D eigenvalue weighted by molar-refractivity contribution is 14.1. The summed E-state index contributed by atoms with van der Waals surface area (Å²) in [5.74, 6) is 0.886. The molecule has 0 aromatic carbocycles. The molecule has 0 aliphatic heterocycles. The zero-order valence-electron chi connectivity index (χ0n) is 8.10. The molecule has 0 N–H and O–H groups in total. The fourth-order valence-electron chi connectivity index (χ4n) is 1.35. The van der Waals surface area contributed by atoms with E-state index in [0.717, 1.165) is 9.84 Å². The van der Waals surface area contributed by atoms with Gasteiger partial charge in [-0.15, -0.1) is 0 Å². The van der Waals surface area contributed by atoms with Crippen LogP contribution in [-0.2, 0) is 0 Å². The monoisotopic (exact) mass is 269 g/mol. The van der Waals surface area contributed by atoms with Crippen molar-refractivity contribution >= 4 is 22.6 Å². The van der Waals surface area contributed by atoms with E-state index < -0.39 is 0 Å². The third-order valence-corrected chi connectivity index (χ3v) is 2.37. The molecule has 2 unspecified atom stereocenters. The molecule has 0 spiro atoms. The minimum atomic E-state index is 0.817. The van der Waals surface area contributed by atoms with Gasteiger partial charge in [0.15, 0.2) is 0 Å². The van der Waals surface area contributed by atoms with Gasteiger partial charge in [-0.3, -0.25) is 0 Å². The first-order valence-corrected chi connectivity index (χ1v) is 5.59. The lowest BCUT2D eigenvalue weighted by atomic mass is 10.0. The van der Waals surface area contributed by atoms with Crippen LogP contribution in [0.2, 0.25) is 0 Å². The van der Waals surface area contributed by atoms with E-state index >= 15 is 0 Å². The second-order valence-corrected chi connectivity index (χ2v) is 5.68. The Kier molecular flexibility index (Phi) is 6.62. The molecule has 0 aliphatic carbocycles. The second-order valence-electron chi connectivity index (χ2n) is 3.55. The van der Waals surface area contributed by atoms with Gasteiger partial charge in [0, 0.05) is 10.5 Å². The van der Waals surface area contributed by atoms with E-state index in [2.05, 4.69) is 55.4 Å². The van der Waals surface area contributed by atoms with Crippen LogP contribution in [0.25, 0.3) is 0 Å². The molecule has 0 aliphatic rings. The SMILES string of the molecule is CCC(CC(C)I)CN(C)C. The molecule has 0 bridgehead atoms. The Morgan fingerprint density at radius 3 is 2.18 bits per heavy atom. The van der Waals surface area contributed by atoms with Crippen molar-refractivity contribution in [2.24, 2.45) is 5.92 Å². The molecule has 0 saturated carbocycles. The fourth-order valence-corrected chi connectivity index (χ4v) is 2.07. The molecule has 1 nitrogen and oxygen atoms in total. The topological polar surface area (TPSA) is 3.24 Å². The van der Waals surface area contributed by atoms with Crippen molar-refractivity contribution in [1.82, 2.24) is 4.90 Å². The number of hydrogen-bond donors (Lipinski definition) is 0. The van der Waals surface area contributed by atoms with E-state index in [9.17, 15) is 0 Å². The van der Waals surface area contributed by atoms with Gasteiger partial charge in [-0.1, -0.05) is 42.9 Å². The van der Waals surface area contributed by atoms with Gasteiger partial charge in [0.05, 0.1) is 0 Å². The van der Waals surface area contributed by atoms with Crippen molar-refractivity contribution in [3.8, 4) is 0 Å². The third kappa shape index (κ3) is 7.06. The Labute approximate surface area is 84.7 Å². The highest BCUT2D eigenvalue weighted by atomic mass is 127. The van der Waals surface area contributed by atoms with Gasteiger partial charge in [-0.05, 0) is 26.4 Å². The van der Waals surface area contributed by atoms with Crippen molar-refractivity contribution in [3.05, 3.63) is 0 Å². The number of nitrogens with zero attached hydrogens (tertiary/aromatic N) is 1. The first kappa shape index (κ1) is 11.7. The summed E-state index contributed by atoms with van der Waals surface area (Å²) in [6, 6.07) is 0. The lowest BCUT2D eigenvalue weighted by Gasteiger charge is -2.20. The zero-order chi connectivity index (χ0) is 8.85. The maximum atomic E-state index is 2.51. The van der Waals surface area contributed by atoms with Gasteiger partial charge in [-0.2, -0.15) is 0 Å². The van der Waals surface area contributed by atoms with E-state index in [4.69, 9.17) is 0 Å². The lowest BCUT2D eigenvalue weighted by molar-refractivity contribution is 0.307. The molecule has 11 heavy (non-hydrogen) atoms. The minimum Gasteiger partial charge on any atom is -0.309 e. The Hall–Kier alpha value is 0.690. The quantitative estimate of drug-likeness (QED) is 0.548. The molecule has 2 heteroatoms. The van der Waals surface area contributed by atoms with Crippen molar-refractivity contribution < 1.29 is 0 Å². The van der Waals surface area contributed by atoms with Crippen molar-refractivity contribution in [1.29, 1.82) is 0 Å². The summed E-state index contributed by atoms with van der Waals surface area (Å²) in [5.41, 5.74) is 0. The van der Waals surface area contributed by atoms with Gasteiger partial charge in [0.1, 0.15) is 0 Å². The maximum Gasteiger partial charge on any atom is 0.00844 e. The third-order valence-electron chi connectivity index (χ3n) is 1.86. The molecule has 0 heterocycles. The van der Waals surface area contributed by atoms with Gasteiger partial charge in [0.25, 0.3) is 0 Å². The number of rotatable bonds is 5. The predicted molar refractivity (Wildman–Crippen MR) is 60.4 cm³/mol. The van der Waals surface area contributed by atoms with Crippen LogP contribution in [0.3, 0.4) is 0 Å². The maximum absolute atomic E-state index is 2.51. The minimum absolute atomic E-state index is 0.817. The van der Waals surface area contributed by atoms with Crippen molar-refractivity contribution in [3.63, 3.8) is 0 Å². The van der Waals surface area contributed by atoms with Gasteiger partial charge in [0.2, 0.25) is 0 Å². The Balaban J connectivity index is 3.58. The van der Waals surface area contributed by atoms with Crippen molar-refractivity contribution in [2.75, 3.05) is 20.6 Å². The average Bonchev–Trinajstić information content (AvgIpc) is 1.84. The first-order chi connectivity index (χ1) is 5.06. The Bertz CT molecular complexity index is 81.6. The Morgan fingerprint density at radius 2 is 1.91 bits per heavy atom. The molecule has 0 rings (SSSR count). The van der Waals surface area contributed by atoms with E-state index in [1.54, 1.807) is 0 Å². The largest absolute Gasteiger partial charge is 0.309 e. The standard InChI is InChI=1S/C9H20IN/c1-5-9(6-8(2)10)7-11(3)4/h8-9H,5-7H2,1-4H3. The number of halogens is 1. The van der Waals surface area contributed by atoms with Crippen LogP contribution in [0.15, 0.2) is 0 Å². The Morgan fingerprint density at radius 1 is 1.36 bits per heavy atom. The smallest absolute Gasteiger partial charge is 0.00844 e. The van der Waals surface area contributed by atoms with E-state index in [1.807, 2.05) is 0 Å². The molecule has 2 atom stereocenters. The molecule has 0 amide bonds. The second kappa shape index (κ2) is 6.23. The fraction of sp³-hybridized carbons (Fsp3) is 1.00. The highest BCUT2D eigenvalue weighted by Gasteiger charge is 2.09. The van der Waals surface area contributed by atoms with Gasteiger partial charge < -0.3 is 4.90 Å². The lowest BCUT2D eigenvalue weighted by Crippen LogP contribution is -2.22. The number of alkyl halides is 1. The van der Waals surface area contributed by atoms with Crippen LogP contribution < -0.4 is 0 Å².